The van der Waals surface area contributed by atoms with Crippen LogP contribution in [0, 0.1) is 0 Å². The molecule has 1 rings (SSSR count). The number of nitrogens with zero attached hydrogens (tertiary/aromatic N) is 2. The molecule has 0 aromatic heterocycles. The van der Waals surface area contributed by atoms with Gasteiger partial charge in [0.15, 0.2) is 0 Å². The number of nitrogens with one attached hydrogen (secondary N) is 1. The average Bonchev–Trinajstić information content (AvgIpc) is 2.50. The molecule has 1 aliphatic heterocycles. The standard InChI is InChI=1S/C12H19N3O/c1-4-15(3)12(16)9-14-11-7-5-6-10(2)13-8-11/h6-8,14H,4-5,9H2,1-3H3. The van der Waals surface area contributed by atoms with E-state index in [2.05, 4.69) is 10.3 Å². The smallest absolute Gasteiger partial charge is 0.241 e. The number of rotatable bonds is 4. The van der Waals surface area contributed by atoms with E-state index in [1.54, 1.807) is 18.2 Å². The van der Waals surface area contributed by atoms with Crippen LogP contribution in [0.2, 0.25) is 0 Å². The molecule has 88 valence electrons. The number of hydrogen-bond acceptors (Lipinski definition) is 3. The monoisotopic (exact) mass is 221 g/mol. The second kappa shape index (κ2) is 6.10. The zero-order valence-electron chi connectivity index (χ0n) is 10.2. The molecule has 4 heteroatoms. The van der Waals surface area contributed by atoms with E-state index in [0.717, 1.165) is 24.4 Å². The molecule has 0 fully saturated rings. The largest absolute Gasteiger partial charge is 0.375 e. The van der Waals surface area contributed by atoms with Crippen molar-refractivity contribution in [3.63, 3.8) is 0 Å². The van der Waals surface area contributed by atoms with Crippen LogP contribution in [0.15, 0.2) is 28.5 Å². The Bertz CT molecular complexity index is 342. The Morgan fingerprint density at radius 3 is 3.00 bits per heavy atom. The highest BCUT2D eigenvalue weighted by Crippen LogP contribution is 2.04. The van der Waals surface area contributed by atoms with Crippen LogP contribution in [0.4, 0.5) is 0 Å². The highest BCUT2D eigenvalue weighted by Gasteiger charge is 2.06. The number of allylic oxidation sites excluding steroid dienone is 4. The van der Waals surface area contributed by atoms with Gasteiger partial charge in [0, 0.05) is 31.2 Å². The molecule has 0 aromatic rings. The maximum absolute atomic E-state index is 11.5. The molecule has 0 atom stereocenters. The van der Waals surface area contributed by atoms with Crippen molar-refractivity contribution in [2.45, 2.75) is 20.3 Å². The topological polar surface area (TPSA) is 44.7 Å². The molecule has 0 aliphatic carbocycles. The van der Waals surface area contributed by atoms with Crippen LogP contribution in [0.5, 0.6) is 0 Å². The first-order chi connectivity index (χ1) is 7.63. The first-order valence-electron chi connectivity index (χ1n) is 5.52. The summed E-state index contributed by atoms with van der Waals surface area (Å²) in [6.07, 6.45) is 6.69. The van der Waals surface area contributed by atoms with Gasteiger partial charge in [-0.1, -0.05) is 12.2 Å². The van der Waals surface area contributed by atoms with Crippen LogP contribution in [-0.4, -0.2) is 37.2 Å². The Labute approximate surface area is 96.7 Å². The third kappa shape index (κ3) is 3.88. The Balaban J connectivity index is 2.42. The van der Waals surface area contributed by atoms with Crippen molar-refractivity contribution in [1.82, 2.24) is 10.2 Å². The molecular formula is C12H19N3O. The molecule has 0 saturated heterocycles. The maximum Gasteiger partial charge on any atom is 0.241 e. The van der Waals surface area contributed by atoms with E-state index >= 15 is 0 Å². The summed E-state index contributed by atoms with van der Waals surface area (Å²) in [7, 11) is 1.80. The Morgan fingerprint density at radius 2 is 2.31 bits per heavy atom. The molecule has 1 N–H and O–H groups in total. The molecule has 16 heavy (non-hydrogen) atoms. The third-order valence-corrected chi connectivity index (χ3v) is 2.50. The molecule has 0 unspecified atom stereocenters. The van der Waals surface area contributed by atoms with Crippen LogP contribution in [-0.2, 0) is 4.79 Å². The minimum Gasteiger partial charge on any atom is -0.375 e. The molecule has 4 nitrogen and oxygen atoms in total. The maximum atomic E-state index is 11.5. The van der Waals surface area contributed by atoms with Gasteiger partial charge in [-0.15, -0.1) is 0 Å². The number of hydrogen-bond donors (Lipinski definition) is 1. The van der Waals surface area contributed by atoms with Gasteiger partial charge < -0.3 is 10.2 Å². The fourth-order valence-electron chi connectivity index (χ4n) is 1.24. The summed E-state index contributed by atoms with van der Waals surface area (Å²) in [4.78, 5) is 17.5. The summed E-state index contributed by atoms with van der Waals surface area (Å²) >= 11 is 0. The molecule has 0 radical (unpaired) electrons. The van der Waals surface area contributed by atoms with Crippen molar-refractivity contribution in [2.75, 3.05) is 20.1 Å². The molecule has 0 saturated carbocycles. The summed E-state index contributed by atoms with van der Waals surface area (Å²) in [5.41, 5.74) is 1.91. The normalized spacial score (nSPS) is 14.9. The van der Waals surface area contributed by atoms with Gasteiger partial charge in [0.25, 0.3) is 0 Å². The fourth-order valence-corrected chi connectivity index (χ4v) is 1.24. The summed E-state index contributed by atoms with van der Waals surface area (Å²) in [5.74, 6) is 0.0886. The first-order valence-corrected chi connectivity index (χ1v) is 5.52. The molecule has 0 bridgehead atoms. The molecule has 1 aliphatic rings. The van der Waals surface area contributed by atoms with E-state index in [9.17, 15) is 4.79 Å². The van der Waals surface area contributed by atoms with E-state index in [-0.39, 0.29) is 5.91 Å². The molecule has 0 spiro atoms. The number of likely N-dealkylation sites (N-methyl/N-ethyl adjacent to an activating group) is 1. The van der Waals surface area contributed by atoms with Crippen molar-refractivity contribution < 1.29 is 4.79 Å². The molecule has 1 heterocycles. The lowest BCUT2D eigenvalue weighted by Crippen LogP contribution is -2.35. The van der Waals surface area contributed by atoms with Gasteiger partial charge in [-0.2, -0.15) is 0 Å². The van der Waals surface area contributed by atoms with Gasteiger partial charge in [-0.05, 0) is 20.3 Å². The minimum absolute atomic E-state index is 0.0886. The number of aliphatic imine (C=N–C) groups is 1. The summed E-state index contributed by atoms with van der Waals surface area (Å²) in [5, 5.41) is 3.08. The van der Waals surface area contributed by atoms with Crippen molar-refractivity contribution >= 4 is 12.1 Å². The minimum atomic E-state index is 0.0886. The Hall–Kier alpha value is -1.58. The number of carbonyl (C=O) groups excluding carboxylic acids is 1. The lowest BCUT2D eigenvalue weighted by Gasteiger charge is -2.15. The predicted molar refractivity (Wildman–Crippen MR) is 66.3 cm³/mol. The zero-order chi connectivity index (χ0) is 12.0. The van der Waals surface area contributed by atoms with E-state index in [1.807, 2.05) is 26.0 Å². The molecule has 0 aromatic carbocycles. The van der Waals surface area contributed by atoms with Crippen LogP contribution >= 0.6 is 0 Å². The summed E-state index contributed by atoms with van der Waals surface area (Å²) in [6, 6.07) is 0. The highest BCUT2D eigenvalue weighted by atomic mass is 16.2. The predicted octanol–water partition coefficient (Wildman–Crippen LogP) is 1.32. The van der Waals surface area contributed by atoms with Crippen molar-refractivity contribution in [2.24, 2.45) is 4.99 Å². The van der Waals surface area contributed by atoms with Crippen molar-refractivity contribution in [3.05, 3.63) is 23.5 Å². The van der Waals surface area contributed by atoms with Gasteiger partial charge in [0.1, 0.15) is 0 Å². The van der Waals surface area contributed by atoms with E-state index < -0.39 is 0 Å². The van der Waals surface area contributed by atoms with Gasteiger partial charge in [-0.3, -0.25) is 9.79 Å². The van der Waals surface area contributed by atoms with Gasteiger partial charge in [-0.25, -0.2) is 0 Å². The van der Waals surface area contributed by atoms with Gasteiger partial charge >= 0.3 is 0 Å². The fraction of sp³-hybridized carbons (Fsp3) is 0.500. The summed E-state index contributed by atoms with van der Waals surface area (Å²) < 4.78 is 0. The van der Waals surface area contributed by atoms with Crippen molar-refractivity contribution in [3.8, 4) is 0 Å². The number of amides is 1. The highest BCUT2D eigenvalue weighted by molar-refractivity contribution is 5.82. The SMILES string of the molecule is CCN(C)C(=O)CNC1=CCC=C(C)N=C1. The Morgan fingerprint density at radius 1 is 1.56 bits per heavy atom. The first kappa shape index (κ1) is 12.5. The van der Waals surface area contributed by atoms with Gasteiger partial charge in [0.05, 0.1) is 6.54 Å². The van der Waals surface area contributed by atoms with Crippen LogP contribution in [0.1, 0.15) is 20.3 Å². The Kier molecular flexibility index (Phi) is 4.76. The quantitative estimate of drug-likeness (QED) is 0.778. The lowest BCUT2D eigenvalue weighted by molar-refractivity contribution is -0.128. The zero-order valence-corrected chi connectivity index (χ0v) is 10.2. The van der Waals surface area contributed by atoms with E-state index in [1.165, 1.54) is 0 Å². The van der Waals surface area contributed by atoms with E-state index in [4.69, 9.17) is 0 Å². The second-order valence-corrected chi connectivity index (χ2v) is 3.76. The third-order valence-electron chi connectivity index (χ3n) is 2.50. The van der Waals surface area contributed by atoms with Gasteiger partial charge in [0.2, 0.25) is 5.91 Å². The van der Waals surface area contributed by atoms with Crippen LogP contribution in [0.25, 0.3) is 0 Å². The molecular weight excluding hydrogens is 202 g/mol. The number of carbonyl (C=O) groups is 1. The average molecular weight is 221 g/mol. The van der Waals surface area contributed by atoms with Crippen LogP contribution < -0.4 is 5.32 Å². The summed E-state index contributed by atoms with van der Waals surface area (Å²) in [6.45, 7) is 4.97. The van der Waals surface area contributed by atoms with Crippen LogP contribution in [0.3, 0.4) is 0 Å². The lowest BCUT2D eigenvalue weighted by atomic mass is 10.3. The molecule has 1 amide bonds. The van der Waals surface area contributed by atoms with E-state index in [0.29, 0.717) is 6.54 Å². The van der Waals surface area contributed by atoms with Crippen molar-refractivity contribution in [1.29, 1.82) is 0 Å². The second-order valence-electron chi connectivity index (χ2n) is 3.76.